The Labute approximate surface area is 164 Å². The fourth-order valence-corrected chi connectivity index (χ4v) is 2.95. The van der Waals surface area contributed by atoms with Gasteiger partial charge in [-0.05, 0) is 80.9 Å². The first-order chi connectivity index (χ1) is 13.5. The lowest BCUT2D eigenvalue weighted by atomic mass is 10.2. The predicted octanol–water partition coefficient (Wildman–Crippen LogP) is 3.96. The molecule has 1 amide bonds. The fourth-order valence-electron chi connectivity index (χ4n) is 2.95. The van der Waals surface area contributed by atoms with Crippen molar-refractivity contribution in [1.82, 2.24) is 9.99 Å². The van der Waals surface area contributed by atoms with Gasteiger partial charge >= 0.3 is 0 Å². The molecule has 0 bridgehead atoms. The average molecular weight is 377 g/mol. The van der Waals surface area contributed by atoms with E-state index in [0.717, 1.165) is 17.1 Å². The van der Waals surface area contributed by atoms with Crippen LogP contribution in [0.4, 0.5) is 0 Å². The van der Waals surface area contributed by atoms with Crippen molar-refractivity contribution in [3.05, 3.63) is 77.1 Å². The molecule has 1 aromatic heterocycles. The highest BCUT2D eigenvalue weighted by Gasteiger charge is 2.07. The number of hydrogen-bond acceptors (Lipinski definition) is 4. The quantitative estimate of drug-likeness (QED) is 0.504. The number of ether oxygens (including phenoxy) is 1. The van der Waals surface area contributed by atoms with E-state index in [1.54, 1.807) is 24.3 Å². The fraction of sp³-hybridized carbons (Fsp3) is 0.182. The minimum absolute atomic E-state index is 0.0660. The van der Waals surface area contributed by atoms with Gasteiger partial charge in [0.15, 0.2) is 11.5 Å². The van der Waals surface area contributed by atoms with Gasteiger partial charge in [0.2, 0.25) is 0 Å². The summed E-state index contributed by atoms with van der Waals surface area (Å²) in [6.07, 6.45) is 1.50. The number of aryl methyl sites for hydroxylation is 2. The normalized spacial score (nSPS) is 11.0. The maximum absolute atomic E-state index is 12.3. The Morgan fingerprint density at radius 1 is 1.11 bits per heavy atom. The summed E-state index contributed by atoms with van der Waals surface area (Å²) in [6, 6.07) is 16.3. The number of carbonyl (C=O) groups is 1. The maximum atomic E-state index is 12.3. The number of phenols is 1. The molecular formula is C22H23N3O3. The van der Waals surface area contributed by atoms with Crippen LogP contribution in [0.2, 0.25) is 0 Å². The third-order valence-electron chi connectivity index (χ3n) is 4.32. The van der Waals surface area contributed by atoms with Crippen molar-refractivity contribution in [2.45, 2.75) is 20.8 Å². The van der Waals surface area contributed by atoms with Crippen molar-refractivity contribution < 1.29 is 14.6 Å². The molecule has 0 atom stereocenters. The van der Waals surface area contributed by atoms with Gasteiger partial charge in [0.1, 0.15) is 0 Å². The van der Waals surface area contributed by atoms with Crippen LogP contribution in [-0.4, -0.2) is 28.4 Å². The topological polar surface area (TPSA) is 75.8 Å². The van der Waals surface area contributed by atoms with Crippen molar-refractivity contribution in [3.8, 4) is 17.2 Å². The summed E-state index contributed by atoms with van der Waals surface area (Å²) in [6.45, 7) is 6.37. The Bertz CT molecular complexity index is 985. The van der Waals surface area contributed by atoms with Gasteiger partial charge in [0.05, 0.1) is 12.8 Å². The Morgan fingerprint density at radius 3 is 2.43 bits per heavy atom. The summed E-state index contributed by atoms with van der Waals surface area (Å²) in [7, 11) is 0. The maximum Gasteiger partial charge on any atom is 0.271 e. The van der Waals surface area contributed by atoms with Gasteiger partial charge < -0.3 is 14.4 Å². The highest BCUT2D eigenvalue weighted by molar-refractivity contribution is 5.95. The van der Waals surface area contributed by atoms with Crippen LogP contribution in [0, 0.1) is 13.8 Å². The van der Waals surface area contributed by atoms with Crippen molar-refractivity contribution in [2.75, 3.05) is 6.61 Å². The number of rotatable bonds is 6. The molecule has 0 unspecified atom stereocenters. The van der Waals surface area contributed by atoms with Gasteiger partial charge in [-0.1, -0.05) is 0 Å². The second kappa shape index (κ2) is 8.43. The zero-order chi connectivity index (χ0) is 20.1. The number of hydrazone groups is 1. The molecule has 6 heteroatoms. The summed E-state index contributed by atoms with van der Waals surface area (Å²) >= 11 is 0. The van der Waals surface area contributed by atoms with Crippen LogP contribution in [0.25, 0.3) is 5.69 Å². The largest absolute Gasteiger partial charge is 0.504 e. The summed E-state index contributed by atoms with van der Waals surface area (Å²) < 4.78 is 7.46. The lowest BCUT2D eigenvalue weighted by Gasteiger charge is -2.10. The Morgan fingerprint density at radius 2 is 1.79 bits per heavy atom. The summed E-state index contributed by atoms with van der Waals surface area (Å²) in [5, 5.41) is 13.7. The van der Waals surface area contributed by atoms with E-state index < -0.39 is 0 Å². The number of aromatic hydroxyl groups is 1. The van der Waals surface area contributed by atoms with Crippen LogP contribution in [0.5, 0.6) is 11.5 Å². The number of carbonyl (C=O) groups excluding carboxylic acids is 1. The Kier molecular flexibility index (Phi) is 5.79. The van der Waals surface area contributed by atoms with Crippen LogP contribution >= 0.6 is 0 Å². The van der Waals surface area contributed by atoms with E-state index in [2.05, 4.69) is 27.2 Å². The second-order valence-electron chi connectivity index (χ2n) is 6.36. The molecule has 0 aliphatic rings. The molecule has 0 fully saturated rings. The smallest absolute Gasteiger partial charge is 0.271 e. The highest BCUT2D eigenvalue weighted by Crippen LogP contribution is 2.26. The molecule has 1 heterocycles. The lowest BCUT2D eigenvalue weighted by Crippen LogP contribution is -2.17. The van der Waals surface area contributed by atoms with Crippen molar-refractivity contribution >= 4 is 12.1 Å². The van der Waals surface area contributed by atoms with E-state index in [9.17, 15) is 9.90 Å². The molecular weight excluding hydrogens is 354 g/mol. The van der Waals surface area contributed by atoms with E-state index >= 15 is 0 Å². The number of amides is 1. The van der Waals surface area contributed by atoms with Crippen LogP contribution in [0.1, 0.15) is 34.2 Å². The van der Waals surface area contributed by atoms with E-state index in [0.29, 0.717) is 23.5 Å². The molecule has 0 saturated heterocycles. The standard InChI is InChI=1S/C22H23N3O3/c1-4-28-21-13-17(7-12-20(21)26)14-23-24-22(27)18-8-10-19(11-9-18)25-15(2)5-6-16(25)3/h5-14,26H,4H2,1-3H3,(H,24,27)/b23-14-. The first-order valence-corrected chi connectivity index (χ1v) is 9.04. The second-order valence-corrected chi connectivity index (χ2v) is 6.36. The van der Waals surface area contributed by atoms with Crippen LogP contribution < -0.4 is 10.2 Å². The van der Waals surface area contributed by atoms with Crippen molar-refractivity contribution in [1.29, 1.82) is 0 Å². The summed E-state index contributed by atoms with van der Waals surface area (Å²) in [5.41, 5.74) is 7.02. The van der Waals surface area contributed by atoms with Gasteiger partial charge in [-0.25, -0.2) is 5.43 Å². The van der Waals surface area contributed by atoms with E-state index in [1.165, 1.54) is 12.3 Å². The van der Waals surface area contributed by atoms with E-state index in [4.69, 9.17) is 4.74 Å². The minimum Gasteiger partial charge on any atom is -0.504 e. The Balaban J connectivity index is 1.67. The number of nitrogens with one attached hydrogen (secondary N) is 1. The molecule has 0 radical (unpaired) electrons. The SMILES string of the molecule is CCOc1cc(/C=N\NC(=O)c2ccc(-n3c(C)ccc3C)cc2)ccc1O. The van der Waals surface area contributed by atoms with Crippen molar-refractivity contribution in [3.63, 3.8) is 0 Å². The van der Waals surface area contributed by atoms with E-state index in [-0.39, 0.29) is 11.7 Å². The number of hydrogen-bond donors (Lipinski definition) is 2. The zero-order valence-electron chi connectivity index (χ0n) is 16.1. The molecule has 6 nitrogen and oxygen atoms in total. The molecule has 3 aromatic rings. The molecule has 144 valence electrons. The average Bonchev–Trinajstić information content (AvgIpc) is 3.03. The van der Waals surface area contributed by atoms with Crippen LogP contribution in [0.15, 0.2) is 59.7 Å². The summed E-state index contributed by atoms with van der Waals surface area (Å²) in [5.74, 6) is 0.146. The molecule has 0 aliphatic carbocycles. The van der Waals surface area contributed by atoms with E-state index in [1.807, 2.05) is 32.9 Å². The van der Waals surface area contributed by atoms with Crippen LogP contribution in [-0.2, 0) is 0 Å². The molecule has 3 rings (SSSR count). The monoisotopic (exact) mass is 377 g/mol. The van der Waals surface area contributed by atoms with Gasteiger partial charge in [-0.15, -0.1) is 0 Å². The minimum atomic E-state index is -0.299. The number of aromatic nitrogens is 1. The van der Waals surface area contributed by atoms with Gasteiger partial charge in [0, 0.05) is 22.6 Å². The number of phenolic OH excluding ortho intramolecular Hbond substituents is 1. The number of nitrogens with zero attached hydrogens (tertiary/aromatic N) is 2. The van der Waals surface area contributed by atoms with Gasteiger partial charge in [-0.2, -0.15) is 5.10 Å². The Hall–Kier alpha value is -3.54. The molecule has 0 spiro atoms. The van der Waals surface area contributed by atoms with Gasteiger partial charge in [0.25, 0.3) is 5.91 Å². The molecule has 0 saturated carbocycles. The van der Waals surface area contributed by atoms with Crippen molar-refractivity contribution in [2.24, 2.45) is 5.10 Å². The van der Waals surface area contributed by atoms with Gasteiger partial charge in [-0.3, -0.25) is 4.79 Å². The molecule has 0 aliphatic heterocycles. The highest BCUT2D eigenvalue weighted by atomic mass is 16.5. The lowest BCUT2D eigenvalue weighted by molar-refractivity contribution is 0.0955. The molecule has 2 N–H and O–H groups in total. The number of benzene rings is 2. The predicted molar refractivity (Wildman–Crippen MR) is 110 cm³/mol. The third-order valence-corrected chi connectivity index (χ3v) is 4.32. The van der Waals surface area contributed by atoms with Crippen LogP contribution in [0.3, 0.4) is 0 Å². The first kappa shape index (κ1) is 19.2. The molecule has 2 aromatic carbocycles. The zero-order valence-corrected chi connectivity index (χ0v) is 16.1. The third kappa shape index (κ3) is 4.23. The molecule has 28 heavy (non-hydrogen) atoms. The summed E-state index contributed by atoms with van der Waals surface area (Å²) in [4.78, 5) is 12.3. The first-order valence-electron chi connectivity index (χ1n) is 9.04.